The number of nitrogens with one attached hydrogen (secondary N) is 1. The molecule has 0 aromatic heterocycles. The second-order valence-electron chi connectivity index (χ2n) is 5.33. The molecule has 1 N–H and O–H groups in total. The summed E-state index contributed by atoms with van der Waals surface area (Å²) in [5.74, 6) is 0.677. The third-order valence-corrected chi connectivity index (χ3v) is 3.65. The van der Waals surface area contributed by atoms with Gasteiger partial charge < -0.3 is 14.8 Å². The van der Waals surface area contributed by atoms with Crippen molar-refractivity contribution in [3.8, 4) is 5.75 Å². The van der Waals surface area contributed by atoms with Crippen LogP contribution in [0, 0.1) is 0 Å². The van der Waals surface area contributed by atoms with Crippen LogP contribution in [-0.4, -0.2) is 31.8 Å². The number of carbonyl (C=O) groups is 1. The molecule has 0 bridgehead atoms. The van der Waals surface area contributed by atoms with Crippen LogP contribution in [0.5, 0.6) is 5.75 Å². The van der Waals surface area contributed by atoms with Crippen molar-refractivity contribution in [2.24, 2.45) is 0 Å². The lowest BCUT2D eigenvalue weighted by atomic mass is 10.1. The summed E-state index contributed by atoms with van der Waals surface area (Å²) in [5.41, 5.74) is 0. The Bertz CT molecular complexity index is 622. The minimum atomic E-state index is -0.479. The average Bonchev–Trinajstić information content (AvgIpc) is 2.59. The molecule has 2 aromatic rings. The van der Waals surface area contributed by atoms with E-state index in [9.17, 15) is 4.79 Å². The van der Waals surface area contributed by atoms with Crippen molar-refractivity contribution in [3.63, 3.8) is 0 Å². The van der Waals surface area contributed by atoms with Crippen LogP contribution in [-0.2, 0) is 9.53 Å². The number of amides is 1. The zero-order chi connectivity index (χ0) is 16.5. The minimum Gasteiger partial charge on any atom is -0.480 e. The van der Waals surface area contributed by atoms with Crippen LogP contribution in [0.4, 0.5) is 0 Å². The molecule has 0 aliphatic heterocycles. The molecule has 0 fully saturated rings. The lowest BCUT2D eigenvalue weighted by molar-refractivity contribution is -0.128. The molecule has 0 aliphatic carbocycles. The normalized spacial score (nSPS) is 12.1. The summed E-state index contributed by atoms with van der Waals surface area (Å²) in [5, 5.41) is 5.05. The molecule has 0 spiro atoms. The molecule has 0 saturated carbocycles. The SMILES string of the molecule is CCOCCCNC(=O)C(CC)Oc1cccc2ccccc12. The van der Waals surface area contributed by atoms with Crippen LogP contribution >= 0.6 is 0 Å². The van der Waals surface area contributed by atoms with Crippen LogP contribution < -0.4 is 10.1 Å². The monoisotopic (exact) mass is 315 g/mol. The van der Waals surface area contributed by atoms with E-state index < -0.39 is 6.10 Å². The number of fused-ring (bicyclic) bond motifs is 1. The summed E-state index contributed by atoms with van der Waals surface area (Å²) in [6, 6.07) is 13.9. The summed E-state index contributed by atoms with van der Waals surface area (Å²) in [6.45, 7) is 5.89. The zero-order valence-corrected chi connectivity index (χ0v) is 13.9. The van der Waals surface area contributed by atoms with E-state index in [1.165, 1.54) is 0 Å². The van der Waals surface area contributed by atoms with Crippen LogP contribution in [0.25, 0.3) is 10.8 Å². The van der Waals surface area contributed by atoms with Gasteiger partial charge in [-0.15, -0.1) is 0 Å². The fourth-order valence-corrected chi connectivity index (χ4v) is 2.42. The van der Waals surface area contributed by atoms with Gasteiger partial charge in [0.15, 0.2) is 6.10 Å². The van der Waals surface area contributed by atoms with E-state index in [1.807, 2.05) is 56.3 Å². The first-order valence-corrected chi connectivity index (χ1v) is 8.26. The third-order valence-electron chi connectivity index (χ3n) is 3.65. The Balaban J connectivity index is 1.96. The van der Waals surface area contributed by atoms with Gasteiger partial charge in [0.1, 0.15) is 5.75 Å². The Morgan fingerprint density at radius 2 is 1.91 bits per heavy atom. The van der Waals surface area contributed by atoms with Crippen LogP contribution in [0.1, 0.15) is 26.7 Å². The minimum absolute atomic E-state index is 0.0723. The Labute approximate surface area is 137 Å². The molecular formula is C19H25NO3. The number of benzene rings is 2. The van der Waals surface area contributed by atoms with Crippen LogP contribution in [0.3, 0.4) is 0 Å². The highest BCUT2D eigenvalue weighted by Gasteiger charge is 2.18. The van der Waals surface area contributed by atoms with E-state index >= 15 is 0 Å². The summed E-state index contributed by atoms with van der Waals surface area (Å²) in [7, 11) is 0. The number of carbonyl (C=O) groups excluding carboxylic acids is 1. The molecule has 0 aliphatic rings. The predicted molar refractivity (Wildman–Crippen MR) is 92.8 cm³/mol. The number of ether oxygens (including phenoxy) is 2. The van der Waals surface area contributed by atoms with Crippen molar-refractivity contribution in [2.45, 2.75) is 32.8 Å². The highest BCUT2D eigenvalue weighted by molar-refractivity contribution is 5.89. The van der Waals surface area contributed by atoms with Gasteiger partial charge in [0, 0.05) is 25.1 Å². The quantitative estimate of drug-likeness (QED) is 0.720. The third kappa shape index (κ3) is 4.96. The van der Waals surface area contributed by atoms with Crippen molar-refractivity contribution in [1.82, 2.24) is 5.32 Å². The summed E-state index contributed by atoms with van der Waals surface area (Å²) in [4.78, 5) is 12.3. The molecule has 1 atom stereocenters. The van der Waals surface area contributed by atoms with E-state index in [0.29, 0.717) is 26.2 Å². The van der Waals surface area contributed by atoms with Crippen molar-refractivity contribution in [1.29, 1.82) is 0 Å². The Morgan fingerprint density at radius 3 is 2.70 bits per heavy atom. The molecule has 23 heavy (non-hydrogen) atoms. The van der Waals surface area contributed by atoms with Gasteiger partial charge in [0.2, 0.25) is 0 Å². The Morgan fingerprint density at radius 1 is 1.13 bits per heavy atom. The maximum atomic E-state index is 12.3. The predicted octanol–water partition coefficient (Wildman–Crippen LogP) is 3.54. The molecule has 1 amide bonds. The molecule has 4 heteroatoms. The second kappa shape index (κ2) is 9.16. The van der Waals surface area contributed by atoms with Gasteiger partial charge in [-0.3, -0.25) is 4.79 Å². The summed E-state index contributed by atoms with van der Waals surface area (Å²) < 4.78 is 11.2. The largest absolute Gasteiger partial charge is 0.480 e. The van der Waals surface area contributed by atoms with Crippen molar-refractivity contribution in [2.75, 3.05) is 19.8 Å². The molecule has 2 rings (SSSR count). The molecule has 1 unspecified atom stereocenters. The fraction of sp³-hybridized carbons (Fsp3) is 0.421. The topological polar surface area (TPSA) is 47.6 Å². The van der Waals surface area contributed by atoms with Gasteiger partial charge in [-0.1, -0.05) is 43.3 Å². The van der Waals surface area contributed by atoms with E-state index in [2.05, 4.69) is 5.32 Å². The maximum Gasteiger partial charge on any atom is 0.261 e. The van der Waals surface area contributed by atoms with Gasteiger partial charge in [0.05, 0.1) is 0 Å². The van der Waals surface area contributed by atoms with Crippen molar-refractivity contribution >= 4 is 16.7 Å². The maximum absolute atomic E-state index is 12.3. The van der Waals surface area contributed by atoms with Crippen LogP contribution in [0.2, 0.25) is 0 Å². The molecule has 0 radical (unpaired) electrons. The molecule has 0 saturated heterocycles. The van der Waals surface area contributed by atoms with Crippen molar-refractivity contribution in [3.05, 3.63) is 42.5 Å². The molecule has 124 valence electrons. The average molecular weight is 315 g/mol. The standard InChI is InChI=1S/C19H25NO3/c1-3-17(19(21)20-13-8-14-22-4-2)23-18-12-7-10-15-9-5-6-11-16(15)18/h5-7,9-12,17H,3-4,8,13-14H2,1-2H3,(H,20,21). The van der Waals surface area contributed by atoms with E-state index in [4.69, 9.17) is 9.47 Å². The lowest BCUT2D eigenvalue weighted by Gasteiger charge is -2.18. The highest BCUT2D eigenvalue weighted by Crippen LogP contribution is 2.26. The number of hydrogen-bond donors (Lipinski definition) is 1. The zero-order valence-electron chi connectivity index (χ0n) is 13.9. The highest BCUT2D eigenvalue weighted by atomic mass is 16.5. The summed E-state index contributed by atoms with van der Waals surface area (Å²) in [6.07, 6.45) is 0.957. The molecular weight excluding hydrogens is 290 g/mol. The van der Waals surface area contributed by atoms with Gasteiger partial charge in [0.25, 0.3) is 5.91 Å². The van der Waals surface area contributed by atoms with Gasteiger partial charge >= 0.3 is 0 Å². The Hall–Kier alpha value is -2.07. The first-order valence-electron chi connectivity index (χ1n) is 8.26. The van der Waals surface area contributed by atoms with Gasteiger partial charge in [-0.2, -0.15) is 0 Å². The van der Waals surface area contributed by atoms with Crippen LogP contribution in [0.15, 0.2) is 42.5 Å². The van der Waals surface area contributed by atoms with Gasteiger partial charge in [-0.25, -0.2) is 0 Å². The molecule has 2 aromatic carbocycles. The Kier molecular flexibility index (Phi) is 6.88. The second-order valence-corrected chi connectivity index (χ2v) is 5.33. The summed E-state index contributed by atoms with van der Waals surface area (Å²) >= 11 is 0. The smallest absolute Gasteiger partial charge is 0.261 e. The van der Waals surface area contributed by atoms with Gasteiger partial charge in [-0.05, 0) is 31.2 Å². The number of hydrogen-bond acceptors (Lipinski definition) is 3. The molecule has 4 nitrogen and oxygen atoms in total. The van der Waals surface area contributed by atoms with E-state index in [0.717, 1.165) is 22.9 Å². The van der Waals surface area contributed by atoms with E-state index in [-0.39, 0.29) is 5.91 Å². The first-order chi connectivity index (χ1) is 11.3. The first kappa shape index (κ1) is 17.3. The number of rotatable bonds is 9. The fourth-order valence-electron chi connectivity index (χ4n) is 2.42. The van der Waals surface area contributed by atoms with Crippen molar-refractivity contribution < 1.29 is 14.3 Å². The lowest BCUT2D eigenvalue weighted by Crippen LogP contribution is -2.38. The molecule has 0 heterocycles. The van der Waals surface area contributed by atoms with E-state index in [1.54, 1.807) is 0 Å².